The lowest BCUT2D eigenvalue weighted by Crippen LogP contribution is -2.25. The van der Waals surface area contributed by atoms with Crippen LogP contribution in [0.4, 0.5) is 0 Å². The Balaban J connectivity index is 2.67. The average molecular weight is 243 g/mol. The predicted octanol–water partition coefficient (Wildman–Crippen LogP) is 1.42. The molecule has 0 saturated carbocycles. The van der Waals surface area contributed by atoms with Crippen molar-refractivity contribution >= 4 is 17.7 Å². The van der Waals surface area contributed by atoms with E-state index in [1.54, 1.807) is 4.57 Å². The van der Waals surface area contributed by atoms with Crippen LogP contribution in [-0.2, 0) is 23.0 Å². The van der Waals surface area contributed by atoms with Crippen molar-refractivity contribution in [2.75, 3.05) is 6.26 Å². The van der Waals surface area contributed by atoms with E-state index in [4.69, 9.17) is 4.74 Å². The van der Waals surface area contributed by atoms with Gasteiger partial charge in [0.1, 0.15) is 17.8 Å². The number of ether oxygens (including phenoxy) is 1. The highest BCUT2D eigenvalue weighted by Crippen LogP contribution is 2.13. The third-order valence-electron chi connectivity index (χ3n) is 1.83. The number of rotatable bonds is 3. The first-order chi connectivity index (χ1) is 7.33. The van der Waals surface area contributed by atoms with Crippen LogP contribution in [0.25, 0.3) is 0 Å². The van der Waals surface area contributed by atoms with Gasteiger partial charge in [-0.25, -0.2) is 0 Å². The number of thioether (sulfide) groups is 1. The average Bonchev–Trinajstić information content (AvgIpc) is 2.44. The van der Waals surface area contributed by atoms with E-state index >= 15 is 0 Å². The van der Waals surface area contributed by atoms with Crippen LogP contribution in [0.3, 0.4) is 0 Å². The van der Waals surface area contributed by atoms with Crippen LogP contribution < -0.4 is 0 Å². The summed E-state index contributed by atoms with van der Waals surface area (Å²) in [6.07, 6.45) is 2.07. The summed E-state index contributed by atoms with van der Waals surface area (Å²) >= 11 is 1.49. The maximum atomic E-state index is 11.6. The Morgan fingerprint density at radius 3 is 2.50 bits per heavy atom. The number of esters is 1. The first kappa shape index (κ1) is 13.0. The van der Waals surface area contributed by atoms with E-state index in [0.29, 0.717) is 5.82 Å². The summed E-state index contributed by atoms with van der Waals surface area (Å²) in [6.45, 7) is 5.53. The topological polar surface area (TPSA) is 57.0 Å². The molecule has 0 spiro atoms. The molecule has 0 aromatic carbocycles. The van der Waals surface area contributed by atoms with Crippen molar-refractivity contribution in [3.63, 3.8) is 0 Å². The van der Waals surface area contributed by atoms with Gasteiger partial charge in [0.25, 0.3) is 0 Å². The van der Waals surface area contributed by atoms with Gasteiger partial charge in [-0.15, -0.1) is 10.2 Å². The van der Waals surface area contributed by atoms with E-state index < -0.39 is 5.60 Å². The van der Waals surface area contributed by atoms with Crippen molar-refractivity contribution in [1.82, 2.24) is 14.8 Å². The molecule has 0 aliphatic rings. The maximum absolute atomic E-state index is 11.6. The van der Waals surface area contributed by atoms with Gasteiger partial charge in [0.05, 0.1) is 0 Å². The van der Waals surface area contributed by atoms with Gasteiger partial charge in [0, 0.05) is 7.05 Å². The summed E-state index contributed by atoms with van der Waals surface area (Å²) < 4.78 is 7.01. The van der Waals surface area contributed by atoms with Crippen LogP contribution in [-0.4, -0.2) is 32.6 Å². The number of carbonyl (C=O) groups is 1. The van der Waals surface area contributed by atoms with Crippen molar-refractivity contribution < 1.29 is 9.53 Å². The minimum Gasteiger partial charge on any atom is -0.460 e. The van der Waals surface area contributed by atoms with Crippen molar-refractivity contribution in [1.29, 1.82) is 0 Å². The number of hydrogen-bond donors (Lipinski definition) is 0. The molecule has 5 nitrogen and oxygen atoms in total. The Hall–Kier alpha value is -1.04. The summed E-state index contributed by atoms with van der Waals surface area (Å²) in [6, 6.07) is 0. The molecule has 0 aliphatic carbocycles. The molecule has 1 aromatic heterocycles. The lowest BCUT2D eigenvalue weighted by molar-refractivity contribution is -0.154. The normalized spacial score (nSPS) is 11.6. The van der Waals surface area contributed by atoms with Gasteiger partial charge in [-0.05, 0) is 27.0 Å². The lowest BCUT2D eigenvalue weighted by atomic mass is 10.2. The Labute approximate surface area is 99.6 Å². The zero-order chi connectivity index (χ0) is 12.3. The third-order valence-corrected chi connectivity index (χ3v) is 2.55. The first-order valence-electron chi connectivity index (χ1n) is 4.97. The Kier molecular flexibility index (Phi) is 3.96. The molecule has 6 heteroatoms. The number of carbonyl (C=O) groups excluding carboxylic acids is 1. The van der Waals surface area contributed by atoms with Gasteiger partial charge in [0.2, 0.25) is 0 Å². The second-order valence-corrected chi connectivity index (χ2v) is 5.20. The molecule has 0 saturated heterocycles. The highest BCUT2D eigenvalue weighted by Gasteiger charge is 2.19. The minimum atomic E-state index is -0.460. The summed E-state index contributed by atoms with van der Waals surface area (Å²) in [5.41, 5.74) is -0.460. The van der Waals surface area contributed by atoms with Crippen molar-refractivity contribution in [2.45, 2.75) is 37.9 Å². The molecule has 90 valence electrons. The molecule has 0 bridgehead atoms. The van der Waals surface area contributed by atoms with Crippen molar-refractivity contribution in [2.24, 2.45) is 7.05 Å². The van der Waals surface area contributed by atoms with Crippen LogP contribution in [0.1, 0.15) is 26.6 Å². The summed E-state index contributed by atoms with van der Waals surface area (Å²) in [4.78, 5) is 11.6. The third kappa shape index (κ3) is 3.52. The largest absolute Gasteiger partial charge is 0.460 e. The summed E-state index contributed by atoms with van der Waals surface area (Å²) in [5.74, 6) is 0.342. The van der Waals surface area contributed by atoms with Crippen LogP contribution >= 0.6 is 11.8 Å². The number of nitrogens with zero attached hydrogens (tertiary/aromatic N) is 3. The highest BCUT2D eigenvalue weighted by molar-refractivity contribution is 7.98. The van der Waals surface area contributed by atoms with Crippen LogP contribution in [0.15, 0.2) is 5.16 Å². The number of aromatic nitrogens is 3. The first-order valence-corrected chi connectivity index (χ1v) is 6.20. The molecule has 0 fully saturated rings. The predicted molar refractivity (Wildman–Crippen MR) is 62.3 cm³/mol. The molecule has 0 radical (unpaired) electrons. The summed E-state index contributed by atoms with van der Waals surface area (Å²) in [7, 11) is 1.84. The number of hydrogen-bond acceptors (Lipinski definition) is 5. The zero-order valence-electron chi connectivity index (χ0n) is 10.3. The zero-order valence-corrected chi connectivity index (χ0v) is 11.1. The second-order valence-electron chi connectivity index (χ2n) is 4.43. The van der Waals surface area contributed by atoms with E-state index in [1.807, 2.05) is 34.1 Å². The molecular formula is C10H17N3O2S. The Bertz CT molecular complexity index is 382. The van der Waals surface area contributed by atoms with Crippen molar-refractivity contribution in [3.8, 4) is 0 Å². The maximum Gasteiger partial charge on any atom is 0.314 e. The van der Waals surface area contributed by atoms with Gasteiger partial charge in [-0.3, -0.25) is 4.79 Å². The lowest BCUT2D eigenvalue weighted by Gasteiger charge is -2.19. The molecule has 0 N–H and O–H groups in total. The Morgan fingerprint density at radius 2 is 2.06 bits per heavy atom. The van der Waals surface area contributed by atoms with Gasteiger partial charge in [0.15, 0.2) is 5.16 Å². The SMILES string of the molecule is CSc1nnc(CC(=O)OC(C)(C)C)n1C. The fourth-order valence-corrected chi connectivity index (χ4v) is 1.69. The molecule has 1 aromatic rings. The van der Waals surface area contributed by atoms with E-state index in [0.717, 1.165) is 5.16 Å². The van der Waals surface area contributed by atoms with Gasteiger partial charge >= 0.3 is 5.97 Å². The molecule has 0 aliphatic heterocycles. The van der Waals surface area contributed by atoms with Gasteiger partial charge in [-0.2, -0.15) is 0 Å². The van der Waals surface area contributed by atoms with Crippen molar-refractivity contribution in [3.05, 3.63) is 5.82 Å². The van der Waals surface area contributed by atoms with Gasteiger partial charge in [-0.1, -0.05) is 11.8 Å². The van der Waals surface area contributed by atoms with Gasteiger partial charge < -0.3 is 9.30 Å². The standard InChI is InChI=1S/C10H17N3O2S/c1-10(2,3)15-8(14)6-7-11-12-9(16-5)13(7)4/h6H2,1-5H3. The smallest absolute Gasteiger partial charge is 0.314 e. The fraction of sp³-hybridized carbons (Fsp3) is 0.700. The quantitative estimate of drug-likeness (QED) is 0.593. The summed E-state index contributed by atoms with van der Waals surface area (Å²) in [5, 5.41) is 8.69. The minimum absolute atomic E-state index is 0.154. The van der Waals surface area contributed by atoms with E-state index in [2.05, 4.69) is 10.2 Å². The molecular weight excluding hydrogens is 226 g/mol. The molecule has 0 amide bonds. The van der Waals surface area contributed by atoms with E-state index in [1.165, 1.54) is 11.8 Å². The molecule has 0 atom stereocenters. The van der Waals surface area contributed by atoms with Crippen LogP contribution in [0.5, 0.6) is 0 Å². The van der Waals surface area contributed by atoms with E-state index in [9.17, 15) is 4.79 Å². The fourth-order valence-electron chi connectivity index (χ4n) is 1.18. The highest BCUT2D eigenvalue weighted by atomic mass is 32.2. The second kappa shape index (κ2) is 4.86. The monoisotopic (exact) mass is 243 g/mol. The van der Waals surface area contributed by atoms with Crippen LogP contribution in [0, 0.1) is 0 Å². The van der Waals surface area contributed by atoms with E-state index in [-0.39, 0.29) is 12.4 Å². The molecule has 1 heterocycles. The molecule has 1 rings (SSSR count). The van der Waals surface area contributed by atoms with Crippen LogP contribution in [0.2, 0.25) is 0 Å². The Morgan fingerprint density at radius 1 is 1.44 bits per heavy atom. The molecule has 16 heavy (non-hydrogen) atoms. The molecule has 0 unspecified atom stereocenters.